The highest BCUT2D eigenvalue weighted by atomic mass is 127. The average molecular weight is 383 g/mol. The fourth-order valence-electron chi connectivity index (χ4n) is 2.45. The van der Waals surface area contributed by atoms with Crippen LogP contribution in [0.4, 0.5) is 4.39 Å². The van der Waals surface area contributed by atoms with Crippen LogP contribution in [0.1, 0.15) is 42.1 Å². The van der Waals surface area contributed by atoms with Gasteiger partial charge in [0.1, 0.15) is 5.82 Å². The van der Waals surface area contributed by atoms with Gasteiger partial charge in [-0.05, 0) is 69.8 Å². The maximum absolute atomic E-state index is 13.2. The largest absolute Gasteiger partial charge is 0.320 e. The van der Waals surface area contributed by atoms with E-state index in [1.54, 1.807) is 6.07 Å². The molecule has 0 amide bonds. The van der Waals surface area contributed by atoms with Crippen molar-refractivity contribution in [1.29, 1.82) is 0 Å². The number of hydrogen-bond acceptors (Lipinski definition) is 1. The molecule has 1 nitrogen and oxygen atoms in total. The van der Waals surface area contributed by atoms with Gasteiger partial charge in [0.05, 0.1) is 6.04 Å². The fraction of sp³-hybridized carbons (Fsp3) is 0.294. The first-order valence-electron chi connectivity index (χ1n) is 6.89. The highest BCUT2D eigenvalue weighted by molar-refractivity contribution is 14.1. The second-order valence-electron chi connectivity index (χ2n) is 4.88. The van der Waals surface area contributed by atoms with Crippen molar-refractivity contribution in [3.8, 4) is 0 Å². The van der Waals surface area contributed by atoms with Crippen LogP contribution < -0.4 is 5.73 Å². The van der Waals surface area contributed by atoms with Crippen LogP contribution in [0.2, 0.25) is 0 Å². The Kier molecular flexibility index (Phi) is 5.16. The van der Waals surface area contributed by atoms with Gasteiger partial charge in [0.15, 0.2) is 0 Å². The van der Waals surface area contributed by atoms with E-state index < -0.39 is 0 Å². The van der Waals surface area contributed by atoms with Crippen LogP contribution in [0.15, 0.2) is 36.4 Å². The third kappa shape index (κ3) is 3.20. The molecule has 1 atom stereocenters. The molecule has 0 aliphatic heterocycles. The molecule has 20 heavy (non-hydrogen) atoms. The van der Waals surface area contributed by atoms with E-state index in [1.807, 2.05) is 0 Å². The van der Waals surface area contributed by atoms with Crippen LogP contribution in [-0.4, -0.2) is 0 Å². The van der Waals surface area contributed by atoms with Crippen molar-refractivity contribution >= 4 is 22.6 Å². The SMILES string of the molecule is CCc1ccc(C(N)c2ccc(F)cc2I)cc1CC. The molecule has 0 saturated carbocycles. The number of nitrogens with two attached hydrogens (primary N) is 1. The molecule has 2 aromatic carbocycles. The lowest BCUT2D eigenvalue weighted by Crippen LogP contribution is -2.14. The van der Waals surface area contributed by atoms with Crippen LogP contribution >= 0.6 is 22.6 Å². The summed E-state index contributed by atoms with van der Waals surface area (Å²) in [5, 5.41) is 0. The molecule has 0 aromatic heterocycles. The zero-order valence-electron chi connectivity index (χ0n) is 11.8. The number of aryl methyl sites for hydroxylation is 2. The van der Waals surface area contributed by atoms with Gasteiger partial charge in [-0.25, -0.2) is 4.39 Å². The molecule has 3 heteroatoms. The Balaban J connectivity index is 2.40. The Bertz CT molecular complexity index is 610. The predicted molar refractivity (Wildman–Crippen MR) is 90.3 cm³/mol. The summed E-state index contributed by atoms with van der Waals surface area (Å²) >= 11 is 2.14. The van der Waals surface area contributed by atoms with Gasteiger partial charge in [0.2, 0.25) is 0 Å². The first-order chi connectivity index (χ1) is 9.56. The van der Waals surface area contributed by atoms with Crippen LogP contribution in [0, 0.1) is 9.39 Å². The maximum atomic E-state index is 13.2. The summed E-state index contributed by atoms with van der Waals surface area (Å²) in [5.74, 6) is -0.221. The zero-order chi connectivity index (χ0) is 14.7. The summed E-state index contributed by atoms with van der Waals surface area (Å²) in [6.07, 6.45) is 2.04. The minimum absolute atomic E-state index is 0.210. The van der Waals surface area contributed by atoms with Crippen molar-refractivity contribution < 1.29 is 4.39 Å². The third-order valence-electron chi connectivity index (χ3n) is 3.65. The molecule has 2 aromatic rings. The highest BCUT2D eigenvalue weighted by Gasteiger charge is 2.14. The molecule has 0 saturated heterocycles. The van der Waals surface area contributed by atoms with E-state index in [4.69, 9.17) is 5.73 Å². The van der Waals surface area contributed by atoms with E-state index in [-0.39, 0.29) is 11.9 Å². The molecule has 0 aliphatic rings. The van der Waals surface area contributed by atoms with Crippen molar-refractivity contribution in [3.05, 3.63) is 68.0 Å². The van der Waals surface area contributed by atoms with Crippen LogP contribution in [0.3, 0.4) is 0 Å². The van der Waals surface area contributed by atoms with Gasteiger partial charge in [0.25, 0.3) is 0 Å². The fourth-order valence-corrected chi connectivity index (χ4v) is 3.26. The van der Waals surface area contributed by atoms with E-state index in [1.165, 1.54) is 23.3 Å². The lowest BCUT2D eigenvalue weighted by atomic mass is 9.94. The number of rotatable bonds is 4. The Hall–Kier alpha value is -0.940. The minimum atomic E-state index is -0.221. The summed E-state index contributed by atoms with van der Waals surface area (Å²) in [6, 6.07) is 11.0. The molecular formula is C17H19FIN. The van der Waals surface area contributed by atoms with Gasteiger partial charge in [0, 0.05) is 3.57 Å². The normalized spacial score (nSPS) is 12.4. The Labute approximate surface area is 133 Å². The van der Waals surface area contributed by atoms with Crippen molar-refractivity contribution in [3.63, 3.8) is 0 Å². The predicted octanol–water partition coefficient (Wildman–Crippen LogP) is 4.60. The summed E-state index contributed by atoms with van der Waals surface area (Å²) in [7, 11) is 0. The minimum Gasteiger partial charge on any atom is -0.320 e. The second kappa shape index (κ2) is 6.68. The van der Waals surface area contributed by atoms with E-state index in [0.29, 0.717) is 0 Å². The molecule has 0 bridgehead atoms. The molecule has 2 rings (SSSR count). The summed E-state index contributed by atoms with van der Waals surface area (Å²) in [5.41, 5.74) is 11.1. The van der Waals surface area contributed by atoms with E-state index in [2.05, 4.69) is 54.6 Å². The Morgan fingerprint density at radius 2 is 1.75 bits per heavy atom. The van der Waals surface area contributed by atoms with Crippen molar-refractivity contribution in [2.75, 3.05) is 0 Å². The number of benzene rings is 2. The van der Waals surface area contributed by atoms with Gasteiger partial charge in [-0.3, -0.25) is 0 Å². The van der Waals surface area contributed by atoms with Gasteiger partial charge < -0.3 is 5.73 Å². The molecule has 0 aliphatic carbocycles. The first-order valence-corrected chi connectivity index (χ1v) is 7.96. The molecule has 0 heterocycles. The topological polar surface area (TPSA) is 26.0 Å². The number of hydrogen-bond donors (Lipinski definition) is 1. The van der Waals surface area contributed by atoms with E-state index in [9.17, 15) is 4.39 Å². The second-order valence-corrected chi connectivity index (χ2v) is 6.04. The van der Waals surface area contributed by atoms with Crippen molar-refractivity contribution in [2.24, 2.45) is 5.73 Å². The highest BCUT2D eigenvalue weighted by Crippen LogP contribution is 2.26. The smallest absolute Gasteiger partial charge is 0.124 e. The molecule has 0 fully saturated rings. The molecule has 1 unspecified atom stereocenters. The third-order valence-corrected chi connectivity index (χ3v) is 4.58. The Morgan fingerprint density at radius 3 is 2.35 bits per heavy atom. The summed E-state index contributed by atoms with van der Waals surface area (Å²) in [4.78, 5) is 0. The molecule has 0 radical (unpaired) electrons. The Morgan fingerprint density at radius 1 is 1.05 bits per heavy atom. The summed E-state index contributed by atoms with van der Waals surface area (Å²) < 4.78 is 14.1. The zero-order valence-corrected chi connectivity index (χ0v) is 13.9. The van der Waals surface area contributed by atoms with Crippen LogP contribution in [0.25, 0.3) is 0 Å². The van der Waals surface area contributed by atoms with Crippen molar-refractivity contribution in [1.82, 2.24) is 0 Å². The van der Waals surface area contributed by atoms with Gasteiger partial charge in [-0.15, -0.1) is 0 Å². The number of halogens is 2. The van der Waals surface area contributed by atoms with Gasteiger partial charge in [-0.2, -0.15) is 0 Å². The lowest BCUT2D eigenvalue weighted by molar-refractivity contribution is 0.625. The van der Waals surface area contributed by atoms with Crippen molar-refractivity contribution in [2.45, 2.75) is 32.7 Å². The standard InChI is InChI=1S/C17H19FIN/c1-3-11-5-6-13(9-12(11)4-2)17(20)15-8-7-14(18)10-16(15)19/h5-10,17H,3-4,20H2,1-2H3. The quantitative estimate of drug-likeness (QED) is 0.768. The maximum Gasteiger partial charge on any atom is 0.124 e. The lowest BCUT2D eigenvalue weighted by Gasteiger charge is -2.17. The first kappa shape index (κ1) is 15.4. The molecule has 0 spiro atoms. The molecule has 106 valence electrons. The van der Waals surface area contributed by atoms with Gasteiger partial charge >= 0.3 is 0 Å². The van der Waals surface area contributed by atoms with E-state index >= 15 is 0 Å². The monoisotopic (exact) mass is 383 g/mol. The molecule has 2 N–H and O–H groups in total. The van der Waals surface area contributed by atoms with E-state index in [0.717, 1.165) is 27.5 Å². The van der Waals surface area contributed by atoms with Crippen LogP contribution in [-0.2, 0) is 12.8 Å². The molecular weight excluding hydrogens is 364 g/mol. The van der Waals surface area contributed by atoms with Gasteiger partial charge in [-0.1, -0.05) is 38.1 Å². The summed E-state index contributed by atoms with van der Waals surface area (Å²) in [6.45, 7) is 4.32. The average Bonchev–Trinajstić information content (AvgIpc) is 2.45. The van der Waals surface area contributed by atoms with Crippen LogP contribution in [0.5, 0.6) is 0 Å².